The van der Waals surface area contributed by atoms with Crippen LogP contribution in [-0.2, 0) is 4.79 Å². The molecule has 0 aliphatic rings. The van der Waals surface area contributed by atoms with Gasteiger partial charge in [-0.2, -0.15) is 0 Å². The Morgan fingerprint density at radius 1 is 1.25 bits per heavy atom. The second-order valence-corrected chi connectivity index (χ2v) is 6.11. The van der Waals surface area contributed by atoms with E-state index in [9.17, 15) is 9.18 Å². The summed E-state index contributed by atoms with van der Waals surface area (Å²) >= 11 is 0. The third-order valence-electron chi connectivity index (χ3n) is 3.45. The normalized spacial score (nSPS) is 12.9. The number of hydrogen-bond acceptors (Lipinski definition) is 2. The maximum Gasteiger partial charge on any atom is 0.222 e. The molecule has 0 fully saturated rings. The number of amides is 1. The Morgan fingerprint density at radius 2 is 1.96 bits per heavy atom. The van der Waals surface area contributed by atoms with E-state index in [1.54, 1.807) is 13.0 Å². The fourth-order valence-corrected chi connectivity index (χ4v) is 2.15. The fourth-order valence-electron chi connectivity index (χ4n) is 2.15. The Labute approximate surface area is 144 Å². The summed E-state index contributed by atoms with van der Waals surface area (Å²) in [5, 5.41) is 9.21. The van der Waals surface area contributed by atoms with Gasteiger partial charge >= 0.3 is 0 Å². The lowest BCUT2D eigenvalue weighted by Crippen LogP contribution is -2.39. The average molecular weight is 336 g/mol. The zero-order chi connectivity index (χ0) is 18.1. The fraction of sp³-hybridized carbons (Fsp3) is 0.556. The van der Waals surface area contributed by atoms with E-state index in [4.69, 9.17) is 0 Å². The van der Waals surface area contributed by atoms with Crippen molar-refractivity contribution >= 4 is 11.9 Å². The largest absolute Gasteiger partial charge is 0.357 e. The van der Waals surface area contributed by atoms with Crippen molar-refractivity contribution in [2.75, 3.05) is 13.1 Å². The van der Waals surface area contributed by atoms with Crippen LogP contribution < -0.4 is 16.0 Å². The molecule has 1 aromatic rings. The highest BCUT2D eigenvalue weighted by Gasteiger charge is 2.10. The van der Waals surface area contributed by atoms with Crippen molar-refractivity contribution < 1.29 is 9.18 Å². The van der Waals surface area contributed by atoms with Gasteiger partial charge in [0.05, 0.1) is 12.6 Å². The van der Waals surface area contributed by atoms with Crippen LogP contribution in [0.3, 0.4) is 0 Å². The Balaban J connectivity index is 2.65. The van der Waals surface area contributed by atoms with Crippen LogP contribution in [-0.4, -0.2) is 31.0 Å². The second kappa shape index (κ2) is 9.90. The number of carbonyl (C=O) groups excluding carboxylic acids is 1. The number of hydrogen-bond donors (Lipinski definition) is 3. The summed E-state index contributed by atoms with van der Waals surface area (Å²) in [6.07, 6.45) is 0.336. The van der Waals surface area contributed by atoms with E-state index in [1.165, 1.54) is 6.07 Å². The minimum atomic E-state index is -0.214. The van der Waals surface area contributed by atoms with E-state index in [-0.39, 0.29) is 23.8 Å². The van der Waals surface area contributed by atoms with Gasteiger partial charge in [0, 0.05) is 19.0 Å². The summed E-state index contributed by atoms with van der Waals surface area (Å²) in [6.45, 7) is 10.6. The van der Waals surface area contributed by atoms with Crippen LogP contribution >= 0.6 is 0 Å². The van der Waals surface area contributed by atoms with Crippen LogP contribution in [0.25, 0.3) is 0 Å². The van der Waals surface area contributed by atoms with Gasteiger partial charge in [-0.3, -0.25) is 9.79 Å². The Hall–Kier alpha value is -2.11. The molecule has 0 saturated carbocycles. The smallest absolute Gasteiger partial charge is 0.222 e. The van der Waals surface area contributed by atoms with Crippen molar-refractivity contribution in [2.45, 2.75) is 53.1 Å². The Bertz CT molecular complexity index is 572. The van der Waals surface area contributed by atoms with Crippen LogP contribution in [0, 0.1) is 12.7 Å². The molecule has 0 spiro atoms. The zero-order valence-electron chi connectivity index (χ0n) is 15.2. The number of halogens is 1. The second-order valence-electron chi connectivity index (χ2n) is 6.11. The first-order chi connectivity index (χ1) is 11.3. The van der Waals surface area contributed by atoms with Gasteiger partial charge < -0.3 is 16.0 Å². The van der Waals surface area contributed by atoms with E-state index >= 15 is 0 Å². The van der Waals surface area contributed by atoms with Crippen LogP contribution in [0.1, 0.15) is 51.3 Å². The van der Waals surface area contributed by atoms with E-state index in [2.05, 4.69) is 20.9 Å². The highest BCUT2D eigenvalue weighted by molar-refractivity contribution is 5.81. The van der Waals surface area contributed by atoms with Crippen LogP contribution in [0.15, 0.2) is 23.2 Å². The predicted molar refractivity (Wildman–Crippen MR) is 96.6 cm³/mol. The lowest BCUT2D eigenvalue weighted by molar-refractivity contribution is -0.121. The summed E-state index contributed by atoms with van der Waals surface area (Å²) in [4.78, 5) is 16.0. The van der Waals surface area contributed by atoms with Gasteiger partial charge in [0.25, 0.3) is 0 Å². The third-order valence-corrected chi connectivity index (χ3v) is 3.45. The lowest BCUT2D eigenvalue weighted by Gasteiger charge is -2.18. The molecule has 6 heteroatoms. The monoisotopic (exact) mass is 336 g/mol. The Kier molecular flexibility index (Phi) is 8.22. The third kappa shape index (κ3) is 6.98. The molecule has 1 unspecified atom stereocenters. The average Bonchev–Trinajstić information content (AvgIpc) is 2.49. The number of aryl methyl sites for hydroxylation is 1. The first-order valence-electron chi connectivity index (χ1n) is 8.43. The molecule has 0 aromatic heterocycles. The van der Waals surface area contributed by atoms with Crippen molar-refractivity contribution in [3.8, 4) is 0 Å². The minimum absolute atomic E-state index is 0.0155. The van der Waals surface area contributed by atoms with Gasteiger partial charge in [-0.25, -0.2) is 4.39 Å². The molecule has 134 valence electrons. The number of carbonyl (C=O) groups is 1. The number of guanidine groups is 1. The van der Waals surface area contributed by atoms with Crippen molar-refractivity contribution in [1.82, 2.24) is 16.0 Å². The van der Waals surface area contributed by atoms with Gasteiger partial charge in [-0.05, 0) is 51.8 Å². The number of benzene rings is 1. The van der Waals surface area contributed by atoms with Crippen molar-refractivity contribution in [1.29, 1.82) is 0 Å². The molecule has 1 rings (SSSR count). The van der Waals surface area contributed by atoms with Gasteiger partial charge in [0.15, 0.2) is 5.96 Å². The molecule has 0 radical (unpaired) electrons. The molecular weight excluding hydrogens is 307 g/mol. The first kappa shape index (κ1) is 19.9. The van der Waals surface area contributed by atoms with Crippen molar-refractivity contribution in [3.63, 3.8) is 0 Å². The molecule has 0 aliphatic heterocycles. The quantitative estimate of drug-likeness (QED) is 0.530. The SMILES string of the molecule is CCNC(=NCCC(=O)NC(C)C)NC(C)c1ccc(C)c(F)c1. The zero-order valence-corrected chi connectivity index (χ0v) is 15.2. The maximum atomic E-state index is 13.7. The summed E-state index contributed by atoms with van der Waals surface area (Å²) < 4.78 is 13.7. The molecule has 24 heavy (non-hydrogen) atoms. The predicted octanol–water partition coefficient (Wildman–Crippen LogP) is 2.66. The first-order valence-corrected chi connectivity index (χ1v) is 8.43. The molecule has 1 aromatic carbocycles. The summed E-state index contributed by atoms with van der Waals surface area (Å²) in [5.41, 5.74) is 1.48. The van der Waals surface area contributed by atoms with Crippen molar-refractivity contribution in [2.24, 2.45) is 4.99 Å². The number of rotatable bonds is 7. The molecule has 1 atom stereocenters. The number of nitrogens with one attached hydrogen (secondary N) is 3. The lowest BCUT2D eigenvalue weighted by atomic mass is 10.1. The van der Waals surface area contributed by atoms with Gasteiger partial charge in [0.1, 0.15) is 5.82 Å². The van der Waals surface area contributed by atoms with Gasteiger partial charge in [-0.15, -0.1) is 0 Å². The molecule has 3 N–H and O–H groups in total. The molecule has 0 heterocycles. The van der Waals surface area contributed by atoms with Crippen LogP contribution in [0.4, 0.5) is 4.39 Å². The Morgan fingerprint density at radius 3 is 2.54 bits per heavy atom. The van der Waals surface area contributed by atoms with Crippen molar-refractivity contribution in [3.05, 3.63) is 35.1 Å². The van der Waals surface area contributed by atoms with Crippen LogP contribution in [0.2, 0.25) is 0 Å². The summed E-state index contributed by atoms with van der Waals surface area (Å²) in [6, 6.07) is 5.23. The van der Waals surface area contributed by atoms with Gasteiger partial charge in [0.2, 0.25) is 5.91 Å². The maximum absolute atomic E-state index is 13.7. The standard InChI is InChI=1S/C18H29FN4O/c1-6-20-18(21-10-9-17(24)22-12(2)3)23-14(5)15-8-7-13(4)16(19)11-15/h7-8,11-12,14H,6,9-10H2,1-5H3,(H,22,24)(H2,20,21,23). The summed E-state index contributed by atoms with van der Waals surface area (Å²) in [5.74, 6) is 0.384. The van der Waals surface area contributed by atoms with Gasteiger partial charge in [-0.1, -0.05) is 12.1 Å². The van der Waals surface area contributed by atoms with E-state index < -0.39 is 0 Å². The van der Waals surface area contributed by atoms with E-state index in [0.717, 1.165) is 5.56 Å². The number of aliphatic imine (C=N–C) groups is 1. The molecule has 5 nitrogen and oxygen atoms in total. The molecular formula is C18H29FN4O. The van der Waals surface area contributed by atoms with Crippen LogP contribution in [0.5, 0.6) is 0 Å². The molecule has 0 saturated heterocycles. The highest BCUT2D eigenvalue weighted by Crippen LogP contribution is 2.16. The molecule has 0 aliphatic carbocycles. The van der Waals surface area contributed by atoms with E-state index in [1.807, 2.05) is 33.8 Å². The topological polar surface area (TPSA) is 65.5 Å². The minimum Gasteiger partial charge on any atom is -0.357 e. The highest BCUT2D eigenvalue weighted by atomic mass is 19.1. The summed E-state index contributed by atoms with van der Waals surface area (Å²) in [7, 11) is 0. The molecule has 0 bridgehead atoms. The number of nitrogens with zero attached hydrogens (tertiary/aromatic N) is 1. The van der Waals surface area contributed by atoms with E-state index in [0.29, 0.717) is 31.0 Å². The molecule has 1 amide bonds.